The summed E-state index contributed by atoms with van der Waals surface area (Å²) in [6.45, 7) is 2.30. The Kier molecular flexibility index (Phi) is 2.89. The summed E-state index contributed by atoms with van der Waals surface area (Å²) >= 11 is 1.77. The molecule has 0 spiro atoms. The van der Waals surface area contributed by atoms with Crippen LogP contribution in [-0.2, 0) is 0 Å². The van der Waals surface area contributed by atoms with Crippen LogP contribution in [0.1, 0.15) is 19.3 Å². The van der Waals surface area contributed by atoms with E-state index < -0.39 is 0 Å². The minimum atomic E-state index is 0.909. The summed E-state index contributed by atoms with van der Waals surface area (Å²) in [6.07, 6.45) is 3.94. The molecule has 0 aliphatic carbocycles. The Bertz CT molecular complexity index is 517. The van der Waals surface area contributed by atoms with E-state index in [0.29, 0.717) is 0 Å². The van der Waals surface area contributed by atoms with Crippen LogP contribution in [0.4, 0.5) is 5.13 Å². The number of thiazole rings is 1. The highest BCUT2D eigenvalue weighted by Crippen LogP contribution is 2.32. The number of piperidine rings is 1. The SMILES string of the molecule is COc1ccc2nc(N3CCCCC3)sc2c1. The molecule has 0 radical (unpaired) electrons. The van der Waals surface area contributed by atoms with Crippen molar-refractivity contribution in [1.29, 1.82) is 0 Å². The Morgan fingerprint density at radius 1 is 1.24 bits per heavy atom. The van der Waals surface area contributed by atoms with E-state index in [0.717, 1.165) is 29.5 Å². The van der Waals surface area contributed by atoms with Gasteiger partial charge >= 0.3 is 0 Å². The van der Waals surface area contributed by atoms with Crippen LogP contribution in [0.25, 0.3) is 10.2 Å². The van der Waals surface area contributed by atoms with Gasteiger partial charge in [-0.25, -0.2) is 4.98 Å². The summed E-state index contributed by atoms with van der Waals surface area (Å²) in [5.41, 5.74) is 1.08. The number of hydrogen-bond acceptors (Lipinski definition) is 4. The van der Waals surface area contributed by atoms with E-state index in [1.807, 2.05) is 12.1 Å². The van der Waals surface area contributed by atoms with Gasteiger partial charge in [0, 0.05) is 13.1 Å². The number of nitrogens with zero attached hydrogens (tertiary/aromatic N) is 2. The normalized spacial score (nSPS) is 16.4. The molecule has 17 heavy (non-hydrogen) atoms. The monoisotopic (exact) mass is 248 g/mol. The lowest BCUT2D eigenvalue weighted by atomic mass is 10.1. The molecular formula is C13H16N2OS. The Morgan fingerprint density at radius 3 is 2.82 bits per heavy atom. The highest BCUT2D eigenvalue weighted by molar-refractivity contribution is 7.22. The number of aromatic nitrogens is 1. The lowest BCUT2D eigenvalue weighted by molar-refractivity contribution is 0.415. The summed E-state index contributed by atoms with van der Waals surface area (Å²) < 4.78 is 6.46. The molecule has 0 N–H and O–H groups in total. The summed E-state index contributed by atoms with van der Waals surface area (Å²) in [6, 6.07) is 6.08. The lowest BCUT2D eigenvalue weighted by Crippen LogP contribution is -2.29. The molecule has 0 unspecified atom stereocenters. The minimum Gasteiger partial charge on any atom is -0.497 e. The van der Waals surface area contributed by atoms with Gasteiger partial charge in [-0.15, -0.1) is 0 Å². The zero-order valence-corrected chi connectivity index (χ0v) is 10.8. The number of anilines is 1. The largest absolute Gasteiger partial charge is 0.497 e. The number of fused-ring (bicyclic) bond motifs is 1. The predicted molar refractivity (Wildman–Crippen MR) is 72.2 cm³/mol. The number of hydrogen-bond donors (Lipinski definition) is 0. The van der Waals surface area contributed by atoms with Gasteiger partial charge in [-0.1, -0.05) is 11.3 Å². The molecule has 2 aromatic rings. The first kappa shape index (κ1) is 10.8. The van der Waals surface area contributed by atoms with Crippen molar-refractivity contribution < 1.29 is 4.74 Å². The van der Waals surface area contributed by atoms with Crippen LogP contribution < -0.4 is 9.64 Å². The van der Waals surface area contributed by atoms with Gasteiger partial charge in [-0.05, 0) is 37.5 Å². The number of methoxy groups -OCH3 is 1. The van der Waals surface area contributed by atoms with Crippen molar-refractivity contribution in [2.24, 2.45) is 0 Å². The molecule has 0 atom stereocenters. The van der Waals surface area contributed by atoms with E-state index in [4.69, 9.17) is 9.72 Å². The summed E-state index contributed by atoms with van der Waals surface area (Å²) in [4.78, 5) is 7.10. The third kappa shape index (κ3) is 2.09. The van der Waals surface area contributed by atoms with Crippen molar-refractivity contribution in [3.05, 3.63) is 18.2 Å². The molecule has 1 saturated heterocycles. The van der Waals surface area contributed by atoms with E-state index in [-0.39, 0.29) is 0 Å². The summed E-state index contributed by atoms with van der Waals surface area (Å²) in [7, 11) is 1.70. The van der Waals surface area contributed by atoms with E-state index >= 15 is 0 Å². The van der Waals surface area contributed by atoms with Crippen LogP contribution in [0.2, 0.25) is 0 Å². The maximum Gasteiger partial charge on any atom is 0.186 e. The maximum atomic E-state index is 5.24. The molecule has 3 rings (SSSR count). The third-order valence-corrected chi connectivity index (χ3v) is 4.29. The first-order valence-electron chi connectivity index (χ1n) is 6.06. The van der Waals surface area contributed by atoms with Crippen molar-refractivity contribution in [3.8, 4) is 5.75 Å². The second kappa shape index (κ2) is 4.53. The number of ether oxygens (including phenoxy) is 1. The molecular weight excluding hydrogens is 232 g/mol. The van der Waals surface area contributed by atoms with Crippen molar-refractivity contribution in [2.45, 2.75) is 19.3 Å². The van der Waals surface area contributed by atoms with Crippen molar-refractivity contribution in [2.75, 3.05) is 25.1 Å². The van der Waals surface area contributed by atoms with Crippen molar-refractivity contribution in [3.63, 3.8) is 0 Å². The van der Waals surface area contributed by atoms with Gasteiger partial charge in [0.1, 0.15) is 5.75 Å². The van der Waals surface area contributed by atoms with Gasteiger partial charge in [0.05, 0.1) is 17.3 Å². The first-order valence-corrected chi connectivity index (χ1v) is 6.88. The molecule has 1 aromatic heterocycles. The molecule has 0 saturated carbocycles. The second-order valence-corrected chi connectivity index (χ2v) is 5.39. The van der Waals surface area contributed by atoms with Crippen LogP contribution in [0.15, 0.2) is 18.2 Å². The van der Waals surface area contributed by atoms with Gasteiger partial charge in [-0.2, -0.15) is 0 Å². The number of benzene rings is 1. The Morgan fingerprint density at radius 2 is 2.06 bits per heavy atom. The topological polar surface area (TPSA) is 25.4 Å². The summed E-state index contributed by atoms with van der Waals surface area (Å²) in [5.74, 6) is 0.909. The molecule has 0 bridgehead atoms. The molecule has 2 heterocycles. The fraction of sp³-hybridized carbons (Fsp3) is 0.462. The average Bonchev–Trinajstić information content (AvgIpc) is 2.82. The zero-order valence-electron chi connectivity index (χ0n) is 9.98. The fourth-order valence-electron chi connectivity index (χ4n) is 2.24. The van der Waals surface area contributed by atoms with Gasteiger partial charge in [0.2, 0.25) is 0 Å². The minimum absolute atomic E-state index is 0.909. The molecule has 1 fully saturated rings. The Balaban J connectivity index is 1.95. The van der Waals surface area contributed by atoms with E-state index in [1.54, 1.807) is 18.4 Å². The van der Waals surface area contributed by atoms with Crippen LogP contribution in [0.3, 0.4) is 0 Å². The van der Waals surface area contributed by atoms with Gasteiger partial charge in [0.25, 0.3) is 0 Å². The zero-order chi connectivity index (χ0) is 11.7. The lowest BCUT2D eigenvalue weighted by Gasteiger charge is -2.25. The van der Waals surface area contributed by atoms with E-state index in [2.05, 4.69) is 11.0 Å². The molecule has 0 amide bonds. The highest BCUT2D eigenvalue weighted by Gasteiger charge is 2.15. The van der Waals surface area contributed by atoms with E-state index in [1.165, 1.54) is 24.0 Å². The fourth-order valence-corrected chi connectivity index (χ4v) is 3.29. The van der Waals surface area contributed by atoms with Crippen LogP contribution in [0.5, 0.6) is 5.75 Å². The quantitative estimate of drug-likeness (QED) is 0.815. The van der Waals surface area contributed by atoms with Gasteiger partial charge in [0.15, 0.2) is 5.13 Å². The van der Waals surface area contributed by atoms with Crippen LogP contribution >= 0.6 is 11.3 Å². The Labute approximate surface area is 105 Å². The standard InChI is InChI=1S/C13H16N2OS/c1-16-10-5-6-11-12(9-10)17-13(14-11)15-7-3-2-4-8-15/h5-6,9H,2-4,7-8H2,1H3. The van der Waals surface area contributed by atoms with Crippen molar-refractivity contribution >= 4 is 26.7 Å². The molecule has 4 heteroatoms. The number of rotatable bonds is 2. The smallest absolute Gasteiger partial charge is 0.186 e. The molecule has 1 aromatic carbocycles. The summed E-state index contributed by atoms with van der Waals surface area (Å²) in [5, 5.41) is 1.16. The highest BCUT2D eigenvalue weighted by atomic mass is 32.1. The van der Waals surface area contributed by atoms with Crippen molar-refractivity contribution in [1.82, 2.24) is 4.98 Å². The van der Waals surface area contributed by atoms with Gasteiger partial charge < -0.3 is 9.64 Å². The maximum absolute atomic E-state index is 5.24. The predicted octanol–water partition coefficient (Wildman–Crippen LogP) is 3.30. The molecule has 90 valence electrons. The van der Waals surface area contributed by atoms with Gasteiger partial charge in [-0.3, -0.25) is 0 Å². The average molecular weight is 248 g/mol. The molecule has 1 aliphatic heterocycles. The second-order valence-electron chi connectivity index (χ2n) is 4.38. The van der Waals surface area contributed by atoms with Crippen LogP contribution in [-0.4, -0.2) is 25.2 Å². The van der Waals surface area contributed by atoms with E-state index in [9.17, 15) is 0 Å². The Hall–Kier alpha value is -1.29. The molecule has 1 aliphatic rings. The first-order chi connectivity index (χ1) is 8.36. The third-order valence-electron chi connectivity index (χ3n) is 3.21. The van der Waals surface area contributed by atoms with Crippen LogP contribution in [0, 0.1) is 0 Å². The molecule has 3 nitrogen and oxygen atoms in total.